The standard InChI is InChI=1S/C38H26N4/c1-4-11-27(12-5-1)29-13-10-18-33(25-29)41(31-14-6-2-7-15-31)34-22-23-35-30(26-34)20-19-28-21-24-36-38(37(28)35)40-42(39-36)32-16-8-3-9-17-32/h1-26H. The highest BCUT2D eigenvalue weighted by Gasteiger charge is 2.16. The van der Waals surface area contributed by atoms with E-state index < -0.39 is 0 Å². The number of aromatic nitrogens is 3. The molecule has 8 rings (SSSR count). The van der Waals surface area contributed by atoms with Gasteiger partial charge in [0.2, 0.25) is 0 Å². The van der Waals surface area contributed by atoms with E-state index in [1.165, 1.54) is 11.1 Å². The van der Waals surface area contributed by atoms with Crippen LogP contribution in [-0.2, 0) is 0 Å². The Bertz CT molecular complexity index is 2190. The fourth-order valence-electron chi connectivity index (χ4n) is 5.81. The molecule has 0 fully saturated rings. The van der Waals surface area contributed by atoms with Crippen molar-refractivity contribution in [1.29, 1.82) is 0 Å². The van der Waals surface area contributed by atoms with Gasteiger partial charge < -0.3 is 4.90 Å². The molecule has 0 saturated heterocycles. The van der Waals surface area contributed by atoms with Crippen molar-refractivity contribution in [1.82, 2.24) is 15.0 Å². The van der Waals surface area contributed by atoms with Crippen LogP contribution in [0.2, 0.25) is 0 Å². The van der Waals surface area contributed by atoms with Crippen LogP contribution in [0, 0.1) is 0 Å². The van der Waals surface area contributed by atoms with Crippen LogP contribution < -0.4 is 4.90 Å². The molecule has 1 aromatic heterocycles. The zero-order valence-corrected chi connectivity index (χ0v) is 22.8. The molecule has 0 bridgehead atoms. The van der Waals surface area contributed by atoms with Gasteiger partial charge in [0, 0.05) is 22.4 Å². The summed E-state index contributed by atoms with van der Waals surface area (Å²) in [4.78, 5) is 4.05. The van der Waals surface area contributed by atoms with Crippen LogP contribution in [0.4, 0.5) is 17.1 Å². The fraction of sp³-hybridized carbons (Fsp3) is 0. The van der Waals surface area contributed by atoms with E-state index in [0.29, 0.717) is 0 Å². The molecule has 198 valence electrons. The first-order valence-electron chi connectivity index (χ1n) is 14.1. The molecular weight excluding hydrogens is 512 g/mol. The third-order valence-electron chi connectivity index (χ3n) is 7.80. The monoisotopic (exact) mass is 538 g/mol. The zero-order chi connectivity index (χ0) is 27.9. The lowest BCUT2D eigenvalue weighted by molar-refractivity contribution is 0.766. The van der Waals surface area contributed by atoms with Gasteiger partial charge in [0.15, 0.2) is 0 Å². The quantitative estimate of drug-likeness (QED) is 0.205. The number of hydrogen-bond acceptors (Lipinski definition) is 3. The maximum atomic E-state index is 4.95. The summed E-state index contributed by atoms with van der Waals surface area (Å²) in [6, 6.07) is 55.2. The predicted octanol–water partition coefficient (Wildman–Crippen LogP) is 9.86. The van der Waals surface area contributed by atoms with Crippen LogP contribution in [0.25, 0.3) is 49.4 Å². The molecule has 0 amide bonds. The molecule has 0 aliphatic carbocycles. The molecule has 4 nitrogen and oxygen atoms in total. The molecule has 7 aromatic carbocycles. The first-order chi connectivity index (χ1) is 20.8. The number of nitrogens with zero attached hydrogens (tertiary/aromatic N) is 4. The average Bonchev–Trinajstić information content (AvgIpc) is 3.51. The van der Waals surface area contributed by atoms with E-state index in [2.05, 4.69) is 132 Å². The second-order valence-electron chi connectivity index (χ2n) is 10.4. The molecule has 0 saturated carbocycles. The van der Waals surface area contributed by atoms with Crippen LogP contribution in [-0.4, -0.2) is 15.0 Å². The SMILES string of the molecule is c1ccc(-c2cccc(N(c3ccccc3)c3ccc4c(ccc5ccc6nn(-c7ccccc7)nc6c54)c3)c2)cc1. The van der Waals surface area contributed by atoms with Crippen LogP contribution in [0.1, 0.15) is 0 Å². The van der Waals surface area contributed by atoms with Crippen molar-refractivity contribution in [3.8, 4) is 16.8 Å². The lowest BCUT2D eigenvalue weighted by Crippen LogP contribution is -2.09. The fourth-order valence-corrected chi connectivity index (χ4v) is 5.81. The largest absolute Gasteiger partial charge is 0.310 e. The summed E-state index contributed by atoms with van der Waals surface area (Å²) in [6.07, 6.45) is 0. The second-order valence-corrected chi connectivity index (χ2v) is 10.4. The number of benzene rings is 7. The summed E-state index contributed by atoms with van der Waals surface area (Å²) in [5, 5.41) is 14.3. The zero-order valence-electron chi connectivity index (χ0n) is 22.8. The average molecular weight is 539 g/mol. The van der Waals surface area contributed by atoms with Crippen molar-refractivity contribution >= 4 is 49.6 Å². The molecule has 4 heteroatoms. The Morgan fingerprint density at radius 2 is 1.10 bits per heavy atom. The third kappa shape index (κ3) is 4.18. The minimum Gasteiger partial charge on any atom is -0.310 e. The number of para-hydroxylation sites is 2. The molecule has 0 radical (unpaired) electrons. The van der Waals surface area contributed by atoms with E-state index in [9.17, 15) is 0 Å². The maximum absolute atomic E-state index is 4.95. The van der Waals surface area contributed by atoms with Crippen LogP contribution in [0.5, 0.6) is 0 Å². The molecule has 42 heavy (non-hydrogen) atoms. The minimum absolute atomic E-state index is 0.881. The Morgan fingerprint density at radius 1 is 0.452 bits per heavy atom. The summed E-state index contributed by atoms with van der Waals surface area (Å²) in [5.74, 6) is 0. The molecule has 1 heterocycles. The van der Waals surface area contributed by atoms with E-state index in [1.54, 1.807) is 4.80 Å². The van der Waals surface area contributed by atoms with Gasteiger partial charge in [-0.25, -0.2) is 0 Å². The Labute approximate surface area is 243 Å². The summed E-state index contributed by atoms with van der Waals surface area (Å²) >= 11 is 0. The number of fused-ring (bicyclic) bond motifs is 5. The van der Waals surface area contributed by atoms with E-state index in [1.807, 2.05) is 30.3 Å². The van der Waals surface area contributed by atoms with Crippen molar-refractivity contribution in [3.05, 3.63) is 158 Å². The van der Waals surface area contributed by atoms with Crippen molar-refractivity contribution in [3.63, 3.8) is 0 Å². The molecule has 0 spiro atoms. The van der Waals surface area contributed by atoms with Gasteiger partial charge in [0.1, 0.15) is 11.0 Å². The summed E-state index contributed by atoms with van der Waals surface area (Å²) in [6.45, 7) is 0. The number of rotatable bonds is 5. The van der Waals surface area contributed by atoms with Crippen molar-refractivity contribution in [2.45, 2.75) is 0 Å². The van der Waals surface area contributed by atoms with Gasteiger partial charge in [0.25, 0.3) is 0 Å². The summed E-state index contributed by atoms with van der Waals surface area (Å²) < 4.78 is 0. The number of anilines is 3. The molecule has 8 aromatic rings. The van der Waals surface area contributed by atoms with Crippen molar-refractivity contribution < 1.29 is 0 Å². The van der Waals surface area contributed by atoms with Crippen molar-refractivity contribution in [2.75, 3.05) is 4.90 Å². The first kappa shape index (κ1) is 24.1. The van der Waals surface area contributed by atoms with Gasteiger partial charge in [-0.3, -0.25) is 0 Å². The first-order valence-corrected chi connectivity index (χ1v) is 14.1. The molecule has 0 aliphatic rings. The smallest absolute Gasteiger partial charge is 0.122 e. The molecular formula is C38H26N4. The van der Waals surface area contributed by atoms with Gasteiger partial charge >= 0.3 is 0 Å². The second kappa shape index (κ2) is 10.0. The molecule has 0 unspecified atom stereocenters. The minimum atomic E-state index is 0.881. The van der Waals surface area contributed by atoms with E-state index in [4.69, 9.17) is 10.2 Å². The van der Waals surface area contributed by atoms with Gasteiger partial charge in [0.05, 0.1) is 5.69 Å². The van der Waals surface area contributed by atoms with E-state index in [-0.39, 0.29) is 0 Å². The molecule has 0 N–H and O–H groups in total. The highest BCUT2D eigenvalue weighted by Crippen LogP contribution is 2.39. The van der Waals surface area contributed by atoms with Crippen LogP contribution in [0.3, 0.4) is 0 Å². The Morgan fingerprint density at radius 3 is 1.90 bits per heavy atom. The topological polar surface area (TPSA) is 34.0 Å². The van der Waals surface area contributed by atoms with E-state index in [0.717, 1.165) is 55.3 Å². The van der Waals surface area contributed by atoms with Crippen LogP contribution >= 0.6 is 0 Å². The van der Waals surface area contributed by atoms with Gasteiger partial charge in [-0.15, -0.1) is 10.2 Å². The highest BCUT2D eigenvalue weighted by atomic mass is 15.5. The Hall–Kier alpha value is -5.74. The molecule has 0 aliphatic heterocycles. The highest BCUT2D eigenvalue weighted by molar-refractivity contribution is 6.18. The lowest BCUT2D eigenvalue weighted by Gasteiger charge is -2.26. The van der Waals surface area contributed by atoms with Gasteiger partial charge in [-0.05, 0) is 81.9 Å². The van der Waals surface area contributed by atoms with Crippen molar-refractivity contribution in [2.24, 2.45) is 0 Å². The summed E-state index contributed by atoms with van der Waals surface area (Å²) in [5.41, 5.74) is 8.43. The Kier molecular flexibility index (Phi) is 5.75. The normalized spacial score (nSPS) is 11.3. The van der Waals surface area contributed by atoms with Gasteiger partial charge in [-0.2, -0.15) is 4.80 Å². The molecule has 0 atom stereocenters. The van der Waals surface area contributed by atoms with E-state index >= 15 is 0 Å². The lowest BCUT2D eigenvalue weighted by atomic mass is 9.99. The number of hydrogen-bond donors (Lipinski definition) is 0. The van der Waals surface area contributed by atoms with Gasteiger partial charge in [-0.1, -0.05) is 103 Å². The summed E-state index contributed by atoms with van der Waals surface area (Å²) in [7, 11) is 0. The Balaban J connectivity index is 1.30. The predicted molar refractivity (Wildman–Crippen MR) is 174 cm³/mol. The van der Waals surface area contributed by atoms with Crippen LogP contribution in [0.15, 0.2) is 158 Å². The maximum Gasteiger partial charge on any atom is 0.122 e. The third-order valence-corrected chi connectivity index (χ3v) is 7.80.